The highest BCUT2D eigenvalue weighted by molar-refractivity contribution is 9.10. The van der Waals surface area contributed by atoms with Crippen LogP contribution in [0.2, 0.25) is 0 Å². The Morgan fingerprint density at radius 3 is 2.46 bits per heavy atom. The molecule has 3 aromatic rings. The SMILES string of the molecule is CCCCCCc1nc2c(c(C)nn2-c2ccc(Br)cc2)c2c1CCCCC2. The molecule has 1 aliphatic rings. The maximum atomic E-state index is 5.24. The van der Waals surface area contributed by atoms with Crippen molar-refractivity contribution in [2.75, 3.05) is 0 Å². The third-order valence-corrected chi connectivity index (χ3v) is 6.51. The number of aromatic nitrogens is 3. The lowest BCUT2D eigenvalue weighted by Crippen LogP contribution is -2.06. The van der Waals surface area contributed by atoms with Gasteiger partial charge in [-0.3, -0.25) is 0 Å². The second kappa shape index (κ2) is 8.77. The van der Waals surface area contributed by atoms with E-state index in [0.717, 1.165) is 27.9 Å². The lowest BCUT2D eigenvalue weighted by Gasteiger charge is -2.14. The molecule has 148 valence electrons. The number of halogens is 1. The largest absolute Gasteiger partial charge is 0.233 e. The predicted octanol–water partition coefficient (Wildman–Crippen LogP) is 6.88. The maximum absolute atomic E-state index is 5.24. The molecule has 2 heterocycles. The Kier molecular flexibility index (Phi) is 6.15. The predicted molar refractivity (Wildman–Crippen MR) is 120 cm³/mol. The van der Waals surface area contributed by atoms with Gasteiger partial charge in [-0.2, -0.15) is 5.10 Å². The van der Waals surface area contributed by atoms with Crippen LogP contribution in [0.5, 0.6) is 0 Å². The van der Waals surface area contributed by atoms with Crippen LogP contribution in [0.25, 0.3) is 16.7 Å². The van der Waals surface area contributed by atoms with Crippen molar-refractivity contribution < 1.29 is 0 Å². The average Bonchev–Trinajstić information content (AvgIpc) is 2.87. The molecule has 4 heteroatoms. The van der Waals surface area contributed by atoms with Gasteiger partial charge in [-0.05, 0) is 80.8 Å². The second-order valence-electron chi connectivity index (χ2n) is 8.06. The molecule has 0 aliphatic heterocycles. The molecule has 0 unspecified atom stereocenters. The van der Waals surface area contributed by atoms with E-state index in [1.165, 1.54) is 74.4 Å². The normalized spacial score (nSPS) is 14.2. The van der Waals surface area contributed by atoms with Gasteiger partial charge in [0.1, 0.15) is 0 Å². The summed E-state index contributed by atoms with van der Waals surface area (Å²) in [4.78, 5) is 5.24. The Morgan fingerprint density at radius 2 is 1.71 bits per heavy atom. The van der Waals surface area contributed by atoms with Gasteiger partial charge >= 0.3 is 0 Å². The summed E-state index contributed by atoms with van der Waals surface area (Å²) in [6, 6.07) is 8.38. The summed E-state index contributed by atoms with van der Waals surface area (Å²) in [7, 11) is 0. The average molecular weight is 440 g/mol. The first kappa shape index (κ1) is 19.6. The number of pyridine rings is 1. The first-order valence-corrected chi connectivity index (χ1v) is 11.6. The van der Waals surface area contributed by atoms with E-state index in [1.54, 1.807) is 5.56 Å². The molecule has 0 fully saturated rings. The van der Waals surface area contributed by atoms with Crippen LogP contribution in [0.4, 0.5) is 0 Å². The van der Waals surface area contributed by atoms with Crippen LogP contribution in [0, 0.1) is 6.92 Å². The molecule has 3 nitrogen and oxygen atoms in total. The lowest BCUT2D eigenvalue weighted by molar-refractivity contribution is 0.655. The van der Waals surface area contributed by atoms with Gasteiger partial charge in [-0.1, -0.05) is 48.5 Å². The minimum absolute atomic E-state index is 1.05. The summed E-state index contributed by atoms with van der Waals surface area (Å²) in [5.41, 5.74) is 7.65. The van der Waals surface area contributed by atoms with Crippen molar-refractivity contribution in [2.24, 2.45) is 0 Å². The molecule has 0 saturated heterocycles. The maximum Gasteiger partial charge on any atom is 0.163 e. The minimum atomic E-state index is 1.05. The Labute approximate surface area is 176 Å². The third kappa shape index (κ3) is 3.89. The van der Waals surface area contributed by atoms with Crippen LogP contribution in [-0.4, -0.2) is 14.8 Å². The zero-order valence-electron chi connectivity index (χ0n) is 17.1. The van der Waals surface area contributed by atoms with Crippen molar-refractivity contribution >= 4 is 27.0 Å². The number of fused-ring (bicyclic) bond motifs is 3. The highest BCUT2D eigenvalue weighted by atomic mass is 79.9. The molecule has 0 spiro atoms. The molecule has 0 atom stereocenters. The number of hydrogen-bond acceptors (Lipinski definition) is 2. The summed E-state index contributed by atoms with van der Waals surface area (Å²) in [5.74, 6) is 0. The van der Waals surface area contributed by atoms with Gasteiger partial charge in [0.2, 0.25) is 0 Å². The van der Waals surface area contributed by atoms with Gasteiger partial charge in [0.15, 0.2) is 5.65 Å². The van der Waals surface area contributed by atoms with Crippen molar-refractivity contribution in [3.05, 3.63) is 51.3 Å². The Hall–Kier alpha value is -1.68. The van der Waals surface area contributed by atoms with E-state index in [0.29, 0.717) is 0 Å². The van der Waals surface area contributed by atoms with Crippen LogP contribution in [0.3, 0.4) is 0 Å². The topological polar surface area (TPSA) is 30.7 Å². The molecular formula is C24H30BrN3. The van der Waals surface area contributed by atoms with Crippen LogP contribution < -0.4 is 0 Å². The number of benzene rings is 1. The van der Waals surface area contributed by atoms with Gasteiger partial charge in [0.05, 0.1) is 11.4 Å². The van der Waals surface area contributed by atoms with Crippen molar-refractivity contribution in [2.45, 2.75) is 78.1 Å². The molecule has 28 heavy (non-hydrogen) atoms. The Morgan fingerprint density at radius 1 is 0.964 bits per heavy atom. The summed E-state index contributed by atoms with van der Waals surface area (Å²) >= 11 is 3.54. The molecular weight excluding hydrogens is 410 g/mol. The van der Waals surface area contributed by atoms with Crippen molar-refractivity contribution in [3.63, 3.8) is 0 Å². The summed E-state index contributed by atoms with van der Waals surface area (Å²) in [6.07, 6.45) is 12.5. The van der Waals surface area contributed by atoms with E-state index in [2.05, 4.69) is 58.7 Å². The van der Waals surface area contributed by atoms with E-state index in [4.69, 9.17) is 10.1 Å². The first-order chi connectivity index (χ1) is 13.7. The quantitative estimate of drug-likeness (QED) is 0.309. The molecule has 1 aliphatic carbocycles. The fraction of sp³-hybridized carbons (Fsp3) is 0.500. The second-order valence-corrected chi connectivity index (χ2v) is 8.97. The minimum Gasteiger partial charge on any atom is -0.233 e. The number of nitrogens with zero attached hydrogens (tertiary/aromatic N) is 3. The molecule has 2 aromatic heterocycles. The number of unbranched alkanes of at least 4 members (excludes halogenated alkanes) is 3. The standard InChI is InChI=1S/C24H30BrN3/c1-3-4-5-9-12-22-20-10-7-6-8-11-21(20)23-17(2)27-28(24(23)26-22)19-15-13-18(25)14-16-19/h13-16H,3-12H2,1-2H3. The van der Waals surface area contributed by atoms with Gasteiger partial charge in [0.25, 0.3) is 0 Å². The third-order valence-electron chi connectivity index (χ3n) is 5.98. The van der Waals surface area contributed by atoms with E-state index < -0.39 is 0 Å². The van der Waals surface area contributed by atoms with E-state index in [1.807, 2.05) is 0 Å². The fourth-order valence-electron chi connectivity index (χ4n) is 4.53. The smallest absolute Gasteiger partial charge is 0.163 e. The van der Waals surface area contributed by atoms with Crippen molar-refractivity contribution in [1.82, 2.24) is 14.8 Å². The Balaban J connectivity index is 1.84. The first-order valence-electron chi connectivity index (χ1n) is 10.8. The van der Waals surface area contributed by atoms with Crippen LogP contribution >= 0.6 is 15.9 Å². The monoisotopic (exact) mass is 439 g/mol. The van der Waals surface area contributed by atoms with Gasteiger partial charge in [0, 0.05) is 15.6 Å². The molecule has 0 saturated carbocycles. The van der Waals surface area contributed by atoms with Gasteiger partial charge in [-0.15, -0.1) is 0 Å². The zero-order chi connectivity index (χ0) is 19.5. The molecule has 1 aromatic carbocycles. The highest BCUT2D eigenvalue weighted by Crippen LogP contribution is 2.33. The van der Waals surface area contributed by atoms with Crippen LogP contribution in [-0.2, 0) is 19.3 Å². The number of aryl methyl sites for hydroxylation is 3. The molecule has 0 radical (unpaired) electrons. The van der Waals surface area contributed by atoms with E-state index in [-0.39, 0.29) is 0 Å². The lowest BCUT2D eigenvalue weighted by atomic mass is 9.95. The summed E-state index contributed by atoms with van der Waals surface area (Å²) in [5, 5.41) is 6.22. The van der Waals surface area contributed by atoms with E-state index in [9.17, 15) is 0 Å². The summed E-state index contributed by atoms with van der Waals surface area (Å²) < 4.78 is 3.14. The Bertz CT molecular complexity index is 956. The number of hydrogen-bond donors (Lipinski definition) is 0. The highest BCUT2D eigenvalue weighted by Gasteiger charge is 2.22. The van der Waals surface area contributed by atoms with Crippen molar-refractivity contribution in [3.8, 4) is 5.69 Å². The van der Waals surface area contributed by atoms with Crippen molar-refractivity contribution in [1.29, 1.82) is 0 Å². The fourth-order valence-corrected chi connectivity index (χ4v) is 4.80. The van der Waals surface area contributed by atoms with Gasteiger partial charge in [-0.25, -0.2) is 9.67 Å². The summed E-state index contributed by atoms with van der Waals surface area (Å²) in [6.45, 7) is 4.42. The molecule has 0 N–H and O–H groups in total. The zero-order valence-corrected chi connectivity index (χ0v) is 18.7. The molecule has 0 bridgehead atoms. The van der Waals surface area contributed by atoms with Crippen LogP contribution in [0.1, 0.15) is 74.4 Å². The van der Waals surface area contributed by atoms with E-state index >= 15 is 0 Å². The molecule has 0 amide bonds. The molecule has 4 rings (SSSR count). The number of rotatable bonds is 6. The van der Waals surface area contributed by atoms with Crippen LogP contribution in [0.15, 0.2) is 28.7 Å². The van der Waals surface area contributed by atoms with Gasteiger partial charge < -0.3 is 0 Å².